The fourth-order valence-corrected chi connectivity index (χ4v) is 1.93. The lowest BCUT2D eigenvalue weighted by molar-refractivity contribution is -0.121. The van der Waals surface area contributed by atoms with Gasteiger partial charge in [-0.1, -0.05) is 0 Å². The third kappa shape index (κ3) is 4.74. The van der Waals surface area contributed by atoms with Crippen molar-refractivity contribution in [3.63, 3.8) is 0 Å². The number of ether oxygens (including phenoxy) is 2. The summed E-state index contributed by atoms with van der Waals surface area (Å²) >= 11 is 0. The van der Waals surface area contributed by atoms with Crippen LogP contribution in [0.3, 0.4) is 0 Å². The minimum Gasteiger partial charge on any atom is -0.497 e. The average Bonchev–Trinajstić information content (AvgIpc) is 2.44. The van der Waals surface area contributed by atoms with Crippen LogP contribution in [-0.4, -0.2) is 26.2 Å². The summed E-state index contributed by atoms with van der Waals surface area (Å²) in [5, 5.41) is 2.95. The molecule has 0 aliphatic carbocycles. The van der Waals surface area contributed by atoms with E-state index in [1.54, 1.807) is 20.3 Å². The van der Waals surface area contributed by atoms with Crippen LogP contribution in [0.15, 0.2) is 18.2 Å². The first-order chi connectivity index (χ1) is 9.47. The van der Waals surface area contributed by atoms with E-state index < -0.39 is 0 Å². The van der Waals surface area contributed by atoms with E-state index in [1.165, 1.54) is 0 Å². The Labute approximate surface area is 120 Å². The molecule has 0 fully saturated rings. The summed E-state index contributed by atoms with van der Waals surface area (Å²) in [6.45, 7) is 3.82. The maximum Gasteiger partial charge on any atom is 0.220 e. The highest BCUT2D eigenvalue weighted by Gasteiger charge is 2.15. The van der Waals surface area contributed by atoms with E-state index in [-0.39, 0.29) is 18.0 Å². The SMILES string of the molecule is COc1ccc(C(C)NC(=O)CCC(C)N)c(OC)c1. The van der Waals surface area contributed by atoms with Crippen molar-refractivity contribution in [3.8, 4) is 11.5 Å². The number of methoxy groups -OCH3 is 2. The maximum atomic E-state index is 11.8. The molecule has 5 nitrogen and oxygen atoms in total. The molecule has 112 valence electrons. The molecule has 0 aromatic heterocycles. The summed E-state index contributed by atoms with van der Waals surface area (Å²) in [5.41, 5.74) is 6.57. The summed E-state index contributed by atoms with van der Waals surface area (Å²) in [4.78, 5) is 11.8. The summed E-state index contributed by atoms with van der Waals surface area (Å²) in [6.07, 6.45) is 1.11. The van der Waals surface area contributed by atoms with Crippen LogP contribution in [0.4, 0.5) is 0 Å². The van der Waals surface area contributed by atoms with Gasteiger partial charge in [-0.3, -0.25) is 4.79 Å². The Kier molecular flexibility index (Phi) is 6.31. The third-order valence-electron chi connectivity index (χ3n) is 3.11. The molecule has 1 aromatic rings. The van der Waals surface area contributed by atoms with Gasteiger partial charge in [0.05, 0.1) is 20.3 Å². The zero-order valence-electron chi connectivity index (χ0n) is 12.6. The zero-order valence-corrected chi connectivity index (χ0v) is 12.6. The van der Waals surface area contributed by atoms with E-state index in [0.717, 1.165) is 11.3 Å². The van der Waals surface area contributed by atoms with Gasteiger partial charge in [0.2, 0.25) is 5.91 Å². The first-order valence-electron chi connectivity index (χ1n) is 6.74. The average molecular weight is 280 g/mol. The lowest BCUT2D eigenvalue weighted by atomic mass is 10.1. The Morgan fingerprint density at radius 1 is 1.30 bits per heavy atom. The number of nitrogens with two attached hydrogens (primary N) is 1. The van der Waals surface area contributed by atoms with Crippen LogP contribution in [0, 0.1) is 0 Å². The van der Waals surface area contributed by atoms with Crippen molar-refractivity contribution < 1.29 is 14.3 Å². The van der Waals surface area contributed by atoms with E-state index in [0.29, 0.717) is 18.6 Å². The number of carbonyl (C=O) groups excluding carboxylic acids is 1. The molecule has 0 spiro atoms. The molecule has 1 rings (SSSR count). The van der Waals surface area contributed by atoms with Crippen molar-refractivity contribution in [2.24, 2.45) is 5.73 Å². The first kappa shape index (κ1) is 16.3. The van der Waals surface area contributed by atoms with Gasteiger partial charge in [0.25, 0.3) is 0 Å². The number of rotatable bonds is 7. The molecule has 0 saturated carbocycles. The Morgan fingerprint density at radius 3 is 2.55 bits per heavy atom. The molecular formula is C15H24N2O3. The molecular weight excluding hydrogens is 256 g/mol. The number of carbonyl (C=O) groups is 1. The van der Waals surface area contributed by atoms with Crippen LogP contribution in [0.25, 0.3) is 0 Å². The van der Waals surface area contributed by atoms with Crippen LogP contribution in [0.1, 0.15) is 38.3 Å². The molecule has 0 bridgehead atoms. The topological polar surface area (TPSA) is 73.6 Å². The first-order valence-corrected chi connectivity index (χ1v) is 6.74. The molecule has 5 heteroatoms. The highest BCUT2D eigenvalue weighted by atomic mass is 16.5. The summed E-state index contributed by atoms with van der Waals surface area (Å²) in [7, 11) is 3.20. The number of hydrogen-bond acceptors (Lipinski definition) is 4. The molecule has 1 aromatic carbocycles. The van der Waals surface area contributed by atoms with E-state index in [9.17, 15) is 4.79 Å². The van der Waals surface area contributed by atoms with Gasteiger partial charge < -0.3 is 20.5 Å². The Morgan fingerprint density at radius 2 is 2.00 bits per heavy atom. The van der Waals surface area contributed by atoms with Crippen LogP contribution in [-0.2, 0) is 4.79 Å². The third-order valence-corrected chi connectivity index (χ3v) is 3.11. The fourth-order valence-electron chi connectivity index (χ4n) is 1.93. The van der Waals surface area contributed by atoms with Crippen molar-refractivity contribution in [1.82, 2.24) is 5.32 Å². The van der Waals surface area contributed by atoms with E-state index in [4.69, 9.17) is 15.2 Å². The van der Waals surface area contributed by atoms with Crippen molar-refractivity contribution >= 4 is 5.91 Å². The Balaban J connectivity index is 2.71. The number of amides is 1. The van der Waals surface area contributed by atoms with Crippen molar-refractivity contribution in [2.45, 2.75) is 38.8 Å². The van der Waals surface area contributed by atoms with Gasteiger partial charge in [-0.15, -0.1) is 0 Å². The van der Waals surface area contributed by atoms with E-state index in [1.807, 2.05) is 26.0 Å². The Hall–Kier alpha value is -1.75. The number of nitrogens with one attached hydrogen (secondary N) is 1. The van der Waals surface area contributed by atoms with Gasteiger partial charge >= 0.3 is 0 Å². The molecule has 3 N–H and O–H groups in total. The smallest absolute Gasteiger partial charge is 0.220 e. The molecule has 2 atom stereocenters. The largest absolute Gasteiger partial charge is 0.497 e. The van der Waals surface area contributed by atoms with Crippen molar-refractivity contribution in [2.75, 3.05) is 14.2 Å². The normalized spacial score (nSPS) is 13.4. The summed E-state index contributed by atoms with van der Waals surface area (Å²) in [5.74, 6) is 1.41. The lowest BCUT2D eigenvalue weighted by Gasteiger charge is -2.18. The predicted octanol–water partition coefficient (Wildman–Crippen LogP) is 2.01. The second-order valence-electron chi connectivity index (χ2n) is 4.91. The van der Waals surface area contributed by atoms with Crippen LogP contribution >= 0.6 is 0 Å². The highest BCUT2D eigenvalue weighted by molar-refractivity contribution is 5.76. The Bertz CT molecular complexity index is 447. The molecule has 20 heavy (non-hydrogen) atoms. The lowest BCUT2D eigenvalue weighted by Crippen LogP contribution is -2.28. The van der Waals surface area contributed by atoms with Gasteiger partial charge in [-0.2, -0.15) is 0 Å². The molecule has 0 saturated heterocycles. The highest BCUT2D eigenvalue weighted by Crippen LogP contribution is 2.29. The van der Waals surface area contributed by atoms with E-state index >= 15 is 0 Å². The monoisotopic (exact) mass is 280 g/mol. The standard InChI is InChI=1S/C15H24N2O3/c1-10(16)5-8-15(18)17-11(2)13-7-6-12(19-3)9-14(13)20-4/h6-7,9-11H,5,8,16H2,1-4H3,(H,17,18). The maximum absolute atomic E-state index is 11.8. The van der Waals surface area contributed by atoms with Crippen molar-refractivity contribution in [3.05, 3.63) is 23.8 Å². The second-order valence-corrected chi connectivity index (χ2v) is 4.91. The second kappa shape index (κ2) is 7.75. The van der Waals surface area contributed by atoms with Crippen LogP contribution in [0.5, 0.6) is 11.5 Å². The minimum absolute atomic E-state index is 0.00679. The summed E-state index contributed by atoms with van der Waals surface area (Å²) in [6, 6.07) is 5.46. The van der Waals surface area contributed by atoms with Gasteiger partial charge in [-0.25, -0.2) is 0 Å². The van der Waals surface area contributed by atoms with Crippen molar-refractivity contribution in [1.29, 1.82) is 0 Å². The van der Waals surface area contributed by atoms with Gasteiger partial charge in [0, 0.05) is 24.1 Å². The van der Waals surface area contributed by atoms with Crippen LogP contribution in [0.2, 0.25) is 0 Å². The molecule has 0 aliphatic heterocycles. The number of hydrogen-bond donors (Lipinski definition) is 2. The molecule has 1 amide bonds. The predicted molar refractivity (Wildman–Crippen MR) is 79.0 cm³/mol. The molecule has 0 heterocycles. The molecule has 2 unspecified atom stereocenters. The van der Waals surface area contributed by atoms with Crippen LogP contribution < -0.4 is 20.5 Å². The van der Waals surface area contributed by atoms with Gasteiger partial charge in [-0.05, 0) is 32.4 Å². The zero-order chi connectivity index (χ0) is 15.1. The van der Waals surface area contributed by atoms with Gasteiger partial charge in [0.1, 0.15) is 11.5 Å². The molecule has 0 radical (unpaired) electrons. The molecule has 0 aliphatic rings. The quantitative estimate of drug-likeness (QED) is 0.801. The minimum atomic E-state index is -0.128. The van der Waals surface area contributed by atoms with E-state index in [2.05, 4.69) is 5.32 Å². The number of benzene rings is 1. The van der Waals surface area contributed by atoms with Gasteiger partial charge in [0.15, 0.2) is 0 Å². The fraction of sp³-hybridized carbons (Fsp3) is 0.533. The summed E-state index contributed by atoms with van der Waals surface area (Å²) < 4.78 is 10.5.